The van der Waals surface area contributed by atoms with E-state index in [0.29, 0.717) is 5.69 Å². The van der Waals surface area contributed by atoms with Gasteiger partial charge in [-0.15, -0.1) is 0 Å². The molecule has 0 aliphatic carbocycles. The summed E-state index contributed by atoms with van der Waals surface area (Å²) in [4.78, 5) is 17.2. The number of anilines is 1. The van der Waals surface area contributed by atoms with Crippen LogP contribution >= 0.6 is 0 Å². The fourth-order valence-electron chi connectivity index (χ4n) is 3.54. The minimum atomic E-state index is 0.0979. The van der Waals surface area contributed by atoms with E-state index in [4.69, 9.17) is 0 Å². The molecule has 1 aliphatic heterocycles. The molecule has 5 heteroatoms. The summed E-state index contributed by atoms with van der Waals surface area (Å²) in [7, 11) is 1.86. The first-order chi connectivity index (χ1) is 12.1. The maximum absolute atomic E-state index is 12.9. The lowest BCUT2D eigenvalue weighted by Crippen LogP contribution is -2.49. The van der Waals surface area contributed by atoms with Gasteiger partial charge in [-0.25, -0.2) is 0 Å². The van der Waals surface area contributed by atoms with Crippen molar-refractivity contribution in [2.75, 3.05) is 31.1 Å². The van der Waals surface area contributed by atoms with Crippen molar-refractivity contribution in [3.63, 3.8) is 0 Å². The number of aromatic nitrogens is 2. The van der Waals surface area contributed by atoms with Crippen LogP contribution in [0.5, 0.6) is 0 Å². The number of aryl methyl sites for hydroxylation is 3. The standard InChI is InChI=1S/C20H28N4O/c1-4-8-17-15-19(22(3)21-17)20(25)24-13-11-23(12-14-24)18-10-7-6-9-16(18)5-2/h6-7,9-10,15H,4-5,8,11-14H2,1-3H3. The highest BCUT2D eigenvalue weighted by molar-refractivity contribution is 5.93. The van der Waals surface area contributed by atoms with Crippen LogP contribution in [0.3, 0.4) is 0 Å². The zero-order chi connectivity index (χ0) is 17.8. The molecule has 1 aromatic heterocycles. The lowest BCUT2D eigenvalue weighted by Gasteiger charge is -2.37. The minimum Gasteiger partial charge on any atom is -0.368 e. The molecular formula is C20H28N4O. The Morgan fingerprint density at radius 3 is 2.52 bits per heavy atom. The Labute approximate surface area is 150 Å². The Kier molecular flexibility index (Phi) is 5.41. The molecule has 2 heterocycles. The molecule has 0 atom stereocenters. The molecule has 2 aromatic rings. The maximum atomic E-state index is 12.9. The van der Waals surface area contributed by atoms with Gasteiger partial charge in [0, 0.05) is 38.9 Å². The Bertz CT molecular complexity index is 729. The van der Waals surface area contributed by atoms with Gasteiger partial charge >= 0.3 is 0 Å². The summed E-state index contributed by atoms with van der Waals surface area (Å²) in [5.41, 5.74) is 4.38. The van der Waals surface area contributed by atoms with E-state index >= 15 is 0 Å². The van der Waals surface area contributed by atoms with Crippen LogP contribution in [-0.2, 0) is 19.9 Å². The predicted octanol–water partition coefficient (Wildman–Crippen LogP) is 2.90. The van der Waals surface area contributed by atoms with Gasteiger partial charge in [-0.1, -0.05) is 38.5 Å². The van der Waals surface area contributed by atoms with Crippen LogP contribution in [-0.4, -0.2) is 46.8 Å². The van der Waals surface area contributed by atoms with Crippen molar-refractivity contribution in [3.8, 4) is 0 Å². The SMILES string of the molecule is CCCc1cc(C(=O)N2CCN(c3ccccc3CC)CC2)n(C)n1. The first-order valence-corrected chi connectivity index (χ1v) is 9.29. The number of amides is 1. The van der Waals surface area contributed by atoms with E-state index in [1.54, 1.807) is 4.68 Å². The molecule has 134 valence electrons. The van der Waals surface area contributed by atoms with Crippen LogP contribution < -0.4 is 4.90 Å². The van der Waals surface area contributed by atoms with Crippen LogP contribution in [0.1, 0.15) is 42.0 Å². The molecule has 25 heavy (non-hydrogen) atoms. The van der Waals surface area contributed by atoms with Crippen LogP contribution in [0.4, 0.5) is 5.69 Å². The van der Waals surface area contributed by atoms with E-state index in [-0.39, 0.29) is 5.91 Å². The fraction of sp³-hybridized carbons (Fsp3) is 0.500. The van der Waals surface area contributed by atoms with Gasteiger partial charge in [-0.05, 0) is 30.5 Å². The summed E-state index contributed by atoms with van der Waals surface area (Å²) in [5.74, 6) is 0.0979. The number of carbonyl (C=O) groups is 1. The average molecular weight is 340 g/mol. The van der Waals surface area contributed by atoms with Crippen molar-refractivity contribution in [1.82, 2.24) is 14.7 Å². The van der Waals surface area contributed by atoms with Gasteiger partial charge in [-0.3, -0.25) is 9.48 Å². The van der Waals surface area contributed by atoms with Crippen molar-refractivity contribution in [1.29, 1.82) is 0 Å². The molecule has 0 unspecified atom stereocenters. The van der Waals surface area contributed by atoms with E-state index < -0.39 is 0 Å². The molecule has 0 spiro atoms. The number of nitrogens with zero attached hydrogens (tertiary/aromatic N) is 4. The lowest BCUT2D eigenvalue weighted by atomic mass is 10.1. The number of hydrogen-bond acceptors (Lipinski definition) is 3. The third-order valence-electron chi connectivity index (χ3n) is 4.94. The number of rotatable bonds is 5. The Balaban J connectivity index is 1.67. The molecule has 1 saturated heterocycles. The second kappa shape index (κ2) is 7.72. The summed E-state index contributed by atoms with van der Waals surface area (Å²) in [6.07, 6.45) is 2.99. The zero-order valence-corrected chi connectivity index (χ0v) is 15.5. The van der Waals surface area contributed by atoms with E-state index in [1.165, 1.54) is 11.3 Å². The van der Waals surface area contributed by atoms with Crippen LogP contribution in [0.25, 0.3) is 0 Å². The van der Waals surface area contributed by atoms with Gasteiger partial charge in [0.25, 0.3) is 5.91 Å². The predicted molar refractivity (Wildman–Crippen MR) is 101 cm³/mol. The average Bonchev–Trinajstić information content (AvgIpc) is 3.02. The third-order valence-corrected chi connectivity index (χ3v) is 4.94. The Morgan fingerprint density at radius 2 is 1.84 bits per heavy atom. The monoisotopic (exact) mass is 340 g/mol. The van der Waals surface area contributed by atoms with Crippen molar-refractivity contribution in [2.45, 2.75) is 33.1 Å². The normalized spacial score (nSPS) is 14.8. The third kappa shape index (κ3) is 3.70. The molecule has 1 amide bonds. The Hall–Kier alpha value is -2.30. The second-order valence-corrected chi connectivity index (χ2v) is 6.66. The van der Waals surface area contributed by atoms with Crippen LogP contribution in [0, 0.1) is 0 Å². The van der Waals surface area contributed by atoms with Crippen LogP contribution in [0.2, 0.25) is 0 Å². The van der Waals surface area contributed by atoms with Gasteiger partial charge in [-0.2, -0.15) is 5.10 Å². The molecule has 0 bridgehead atoms. The largest absolute Gasteiger partial charge is 0.368 e. The molecule has 5 nitrogen and oxygen atoms in total. The molecule has 1 aromatic carbocycles. The summed E-state index contributed by atoms with van der Waals surface area (Å²) in [6, 6.07) is 10.5. The van der Waals surface area contributed by atoms with E-state index in [1.807, 2.05) is 18.0 Å². The maximum Gasteiger partial charge on any atom is 0.272 e. The minimum absolute atomic E-state index is 0.0979. The molecule has 0 saturated carbocycles. The Morgan fingerprint density at radius 1 is 1.12 bits per heavy atom. The summed E-state index contributed by atoms with van der Waals surface area (Å²) < 4.78 is 1.73. The van der Waals surface area contributed by atoms with Crippen molar-refractivity contribution < 1.29 is 4.79 Å². The van der Waals surface area contributed by atoms with Crippen molar-refractivity contribution >= 4 is 11.6 Å². The second-order valence-electron chi connectivity index (χ2n) is 6.66. The van der Waals surface area contributed by atoms with Gasteiger partial charge in [0.15, 0.2) is 0 Å². The van der Waals surface area contributed by atoms with Crippen LogP contribution in [0.15, 0.2) is 30.3 Å². The van der Waals surface area contributed by atoms with Crippen molar-refractivity contribution in [2.24, 2.45) is 7.05 Å². The van der Waals surface area contributed by atoms with Gasteiger partial charge < -0.3 is 9.80 Å². The van der Waals surface area contributed by atoms with Gasteiger partial charge in [0.2, 0.25) is 0 Å². The highest BCUT2D eigenvalue weighted by atomic mass is 16.2. The molecule has 1 aliphatic rings. The smallest absolute Gasteiger partial charge is 0.272 e. The molecule has 1 fully saturated rings. The highest BCUT2D eigenvalue weighted by Gasteiger charge is 2.25. The summed E-state index contributed by atoms with van der Waals surface area (Å²) in [6.45, 7) is 7.58. The molecule has 0 radical (unpaired) electrons. The number of para-hydroxylation sites is 1. The quantitative estimate of drug-likeness (QED) is 0.840. The molecule has 3 rings (SSSR count). The number of hydrogen-bond donors (Lipinski definition) is 0. The first kappa shape index (κ1) is 17.5. The van der Waals surface area contributed by atoms with E-state index in [2.05, 4.69) is 48.1 Å². The number of benzene rings is 1. The molecular weight excluding hydrogens is 312 g/mol. The fourth-order valence-corrected chi connectivity index (χ4v) is 3.54. The first-order valence-electron chi connectivity index (χ1n) is 9.29. The van der Waals surface area contributed by atoms with E-state index in [0.717, 1.165) is 51.1 Å². The summed E-state index contributed by atoms with van der Waals surface area (Å²) in [5, 5.41) is 4.46. The van der Waals surface area contributed by atoms with E-state index in [9.17, 15) is 4.79 Å². The lowest BCUT2D eigenvalue weighted by molar-refractivity contribution is 0.0735. The molecule has 0 N–H and O–H groups in total. The zero-order valence-electron chi connectivity index (χ0n) is 15.5. The topological polar surface area (TPSA) is 41.4 Å². The number of piperazine rings is 1. The van der Waals surface area contributed by atoms with Crippen molar-refractivity contribution in [3.05, 3.63) is 47.3 Å². The summed E-state index contributed by atoms with van der Waals surface area (Å²) >= 11 is 0. The van der Waals surface area contributed by atoms with Gasteiger partial charge in [0.1, 0.15) is 5.69 Å². The highest BCUT2D eigenvalue weighted by Crippen LogP contribution is 2.22. The number of carbonyl (C=O) groups excluding carboxylic acids is 1. The van der Waals surface area contributed by atoms with Gasteiger partial charge in [0.05, 0.1) is 5.69 Å².